The van der Waals surface area contributed by atoms with Crippen LogP contribution in [0.5, 0.6) is 28.7 Å². The summed E-state index contributed by atoms with van der Waals surface area (Å²) in [7, 11) is 6.23. The molecule has 0 amide bonds. The van der Waals surface area contributed by atoms with E-state index in [4.69, 9.17) is 28.1 Å². The lowest BCUT2D eigenvalue weighted by atomic mass is 9.98. The van der Waals surface area contributed by atoms with Crippen LogP contribution in [-0.4, -0.2) is 28.4 Å². The minimum absolute atomic E-state index is 0.208. The van der Waals surface area contributed by atoms with E-state index in [0.29, 0.717) is 68.8 Å². The molecule has 0 N–H and O–H groups in total. The summed E-state index contributed by atoms with van der Waals surface area (Å²) < 4.78 is 34.3. The smallest absolute Gasteiger partial charge is 0.201 e. The first-order valence-electron chi connectivity index (χ1n) is 12.3. The number of rotatable bonds is 9. The second-order valence-corrected chi connectivity index (χ2v) is 8.71. The molecule has 4 aromatic carbocycles. The van der Waals surface area contributed by atoms with Crippen molar-refractivity contribution in [1.29, 1.82) is 0 Å². The summed E-state index contributed by atoms with van der Waals surface area (Å²) in [4.78, 5) is 14.0. The van der Waals surface area contributed by atoms with Crippen molar-refractivity contribution in [1.82, 2.24) is 0 Å². The Bertz CT molecular complexity index is 1660. The summed E-state index contributed by atoms with van der Waals surface area (Å²) in [5, 5.41) is 0.372. The van der Waals surface area contributed by atoms with E-state index in [2.05, 4.69) is 0 Å². The van der Waals surface area contributed by atoms with Crippen LogP contribution in [0.4, 0.5) is 0 Å². The summed E-state index contributed by atoms with van der Waals surface area (Å²) in [5.74, 6) is 3.05. The molecule has 0 aliphatic heterocycles. The number of benzene rings is 4. The first kappa shape index (κ1) is 25.7. The fourth-order valence-electron chi connectivity index (χ4n) is 4.41. The predicted octanol–water partition coefficient (Wildman–Crippen LogP) is 6.74. The highest BCUT2D eigenvalue weighted by atomic mass is 16.5. The zero-order valence-corrected chi connectivity index (χ0v) is 22.1. The van der Waals surface area contributed by atoms with Crippen LogP contribution in [0.1, 0.15) is 5.56 Å². The molecule has 0 atom stereocenters. The number of fused-ring (bicyclic) bond motifs is 1. The molecule has 7 nitrogen and oxygen atoms in total. The fourth-order valence-corrected chi connectivity index (χ4v) is 4.41. The van der Waals surface area contributed by atoms with E-state index in [1.807, 2.05) is 54.6 Å². The molecule has 0 radical (unpaired) electrons. The standard InChI is InChI=1S/C32H28O7/c1-34-23-13-10-21(11-14-23)30-31(33)24-17-28(36-3)29(37-4)18-26(24)39-32(30)22-12-15-25(27(16-22)35-2)38-19-20-8-6-5-7-9-20/h5-18H,19H2,1-4H3. The average Bonchev–Trinajstić information content (AvgIpc) is 2.99. The van der Waals surface area contributed by atoms with E-state index < -0.39 is 0 Å². The normalized spacial score (nSPS) is 10.8. The molecular weight excluding hydrogens is 496 g/mol. The van der Waals surface area contributed by atoms with Gasteiger partial charge in [0.05, 0.1) is 39.4 Å². The molecule has 0 unspecified atom stereocenters. The van der Waals surface area contributed by atoms with Crippen LogP contribution in [0.2, 0.25) is 0 Å². The van der Waals surface area contributed by atoms with Gasteiger partial charge in [-0.3, -0.25) is 4.79 Å². The van der Waals surface area contributed by atoms with Crippen LogP contribution in [-0.2, 0) is 6.61 Å². The second kappa shape index (κ2) is 11.2. The van der Waals surface area contributed by atoms with Gasteiger partial charge in [-0.05, 0) is 47.5 Å². The highest BCUT2D eigenvalue weighted by molar-refractivity contribution is 5.91. The molecule has 0 aliphatic rings. The van der Waals surface area contributed by atoms with E-state index in [0.717, 1.165) is 5.56 Å². The Morgan fingerprint density at radius 3 is 1.95 bits per heavy atom. The largest absolute Gasteiger partial charge is 0.497 e. The van der Waals surface area contributed by atoms with Crippen molar-refractivity contribution in [2.45, 2.75) is 6.61 Å². The van der Waals surface area contributed by atoms with E-state index in [1.54, 1.807) is 44.6 Å². The molecule has 0 spiro atoms. The summed E-state index contributed by atoms with van der Waals surface area (Å²) in [6.45, 7) is 0.389. The maximum absolute atomic E-state index is 14.0. The van der Waals surface area contributed by atoms with Gasteiger partial charge in [0.2, 0.25) is 5.43 Å². The zero-order chi connectivity index (χ0) is 27.4. The topological polar surface area (TPSA) is 76.4 Å². The minimum Gasteiger partial charge on any atom is -0.497 e. The van der Waals surface area contributed by atoms with Gasteiger partial charge in [-0.15, -0.1) is 0 Å². The van der Waals surface area contributed by atoms with Crippen molar-refractivity contribution in [2.24, 2.45) is 0 Å². The second-order valence-electron chi connectivity index (χ2n) is 8.71. The van der Waals surface area contributed by atoms with Gasteiger partial charge in [0, 0.05) is 11.6 Å². The van der Waals surface area contributed by atoms with Crippen LogP contribution < -0.4 is 29.1 Å². The number of ether oxygens (including phenoxy) is 5. The molecule has 1 heterocycles. The molecular formula is C32H28O7. The Balaban J connectivity index is 1.67. The molecule has 0 saturated carbocycles. The van der Waals surface area contributed by atoms with E-state index in [-0.39, 0.29) is 5.43 Å². The first-order chi connectivity index (χ1) is 19.1. The third-order valence-electron chi connectivity index (χ3n) is 6.44. The quantitative estimate of drug-likeness (QED) is 0.211. The zero-order valence-electron chi connectivity index (χ0n) is 22.1. The fraction of sp³-hybridized carbons (Fsp3) is 0.156. The van der Waals surface area contributed by atoms with E-state index in [1.165, 1.54) is 14.2 Å². The number of hydrogen-bond acceptors (Lipinski definition) is 7. The average molecular weight is 525 g/mol. The maximum atomic E-state index is 14.0. The van der Waals surface area contributed by atoms with Crippen molar-refractivity contribution in [3.63, 3.8) is 0 Å². The Kier molecular flexibility index (Phi) is 7.41. The van der Waals surface area contributed by atoms with Gasteiger partial charge in [-0.1, -0.05) is 42.5 Å². The number of hydrogen-bond donors (Lipinski definition) is 0. The van der Waals surface area contributed by atoms with Crippen LogP contribution in [0, 0.1) is 0 Å². The highest BCUT2D eigenvalue weighted by Gasteiger charge is 2.21. The lowest BCUT2D eigenvalue weighted by Gasteiger charge is -2.15. The number of methoxy groups -OCH3 is 4. The third kappa shape index (κ3) is 5.11. The van der Waals surface area contributed by atoms with Crippen molar-refractivity contribution in [3.05, 3.63) is 101 Å². The van der Waals surface area contributed by atoms with Gasteiger partial charge in [-0.25, -0.2) is 0 Å². The summed E-state index contributed by atoms with van der Waals surface area (Å²) >= 11 is 0. The third-order valence-corrected chi connectivity index (χ3v) is 6.44. The van der Waals surface area contributed by atoms with Gasteiger partial charge in [0.15, 0.2) is 23.0 Å². The van der Waals surface area contributed by atoms with E-state index >= 15 is 0 Å². The molecule has 198 valence electrons. The van der Waals surface area contributed by atoms with Crippen molar-refractivity contribution in [3.8, 4) is 51.2 Å². The SMILES string of the molecule is COc1ccc(-c2c(-c3ccc(OCc4ccccc4)c(OC)c3)oc3cc(OC)c(OC)cc3c2=O)cc1. The lowest BCUT2D eigenvalue weighted by molar-refractivity contribution is 0.284. The van der Waals surface area contributed by atoms with Gasteiger partial charge < -0.3 is 28.1 Å². The lowest BCUT2D eigenvalue weighted by Crippen LogP contribution is -2.08. The Morgan fingerprint density at radius 2 is 1.28 bits per heavy atom. The molecule has 0 fully saturated rings. The molecule has 39 heavy (non-hydrogen) atoms. The molecule has 5 rings (SSSR count). The van der Waals surface area contributed by atoms with Crippen molar-refractivity contribution in [2.75, 3.05) is 28.4 Å². The van der Waals surface area contributed by atoms with Crippen LogP contribution in [0.15, 0.2) is 94.1 Å². The molecule has 0 saturated heterocycles. The Morgan fingerprint density at radius 1 is 0.641 bits per heavy atom. The molecule has 7 heteroatoms. The van der Waals surface area contributed by atoms with Crippen molar-refractivity contribution < 1.29 is 28.1 Å². The Labute approximate surface area is 226 Å². The van der Waals surface area contributed by atoms with Gasteiger partial charge in [0.25, 0.3) is 0 Å². The van der Waals surface area contributed by atoms with E-state index in [9.17, 15) is 4.79 Å². The highest BCUT2D eigenvalue weighted by Crippen LogP contribution is 2.40. The van der Waals surface area contributed by atoms with Gasteiger partial charge in [-0.2, -0.15) is 0 Å². The molecule has 0 aliphatic carbocycles. The predicted molar refractivity (Wildman–Crippen MR) is 150 cm³/mol. The van der Waals surface area contributed by atoms with Crippen LogP contribution >= 0.6 is 0 Å². The first-order valence-corrected chi connectivity index (χ1v) is 12.3. The van der Waals surface area contributed by atoms with Crippen LogP contribution in [0.3, 0.4) is 0 Å². The van der Waals surface area contributed by atoms with Gasteiger partial charge >= 0.3 is 0 Å². The monoisotopic (exact) mass is 524 g/mol. The summed E-state index contributed by atoms with van der Waals surface area (Å²) in [5.41, 5.74) is 2.93. The molecule has 5 aromatic rings. The van der Waals surface area contributed by atoms with Gasteiger partial charge in [0.1, 0.15) is 23.7 Å². The van der Waals surface area contributed by atoms with Crippen LogP contribution in [0.25, 0.3) is 33.4 Å². The minimum atomic E-state index is -0.208. The molecule has 0 bridgehead atoms. The maximum Gasteiger partial charge on any atom is 0.201 e. The molecule has 1 aromatic heterocycles. The van der Waals surface area contributed by atoms with Crippen molar-refractivity contribution >= 4 is 11.0 Å². The summed E-state index contributed by atoms with van der Waals surface area (Å²) in [6, 6.07) is 25.9. The Hall–Kier alpha value is -4.91. The summed E-state index contributed by atoms with van der Waals surface area (Å²) in [6.07, 6.45) is 0.